The molecule has 0 unspecified atom stereocenters. The van der Waals surface area contributed by atoms with E-state index in [1.165, 1.54) is 28.3 Å². The van der Waals surface area contributed by atoms with E-state index in [-0.39, 0.29) is 22.4 Å². The van der Waals surface area contributed by atoms with Gasteiger partial charge in [0.15, 0.2) is 5.58 Å². The number of carbonyl (C=O) groups is 1. The Bertz CT molecular complexity index is 1400. The number of thioether (sulfide) groups is 1. The summed E-state index contributed by atoms with van der Waals surface area (Å²) in [5.74, 6) is -0.167. The van der Waals surface area contributed by atoms with E-state index in [1.54, 1.807) is 23.7 Å². The van der Waals surface area contributed by atoms with Crippen LogP contribution in [0.1, 0.15) is 18.9 Å². The number of benzene rings is 2. The molecule has 9 nitrogen and oxygen atoms in total. The highest BCUT2D eigenvalue weighted by Crippen LogP contribution is 2.23. The second kappa shape index (κ2) is 10.7. The first-order chi connectivity index (χ1) is 17.1. The van der Waals surface area contributed by atoms with Gasteiger partial charge in [0, 0.05) is 44.5 Å². The van der Waals surface area contributed by atoms with Crippen molar-refractivity contribution in [3.8, 4) is 0 Å². The van der Waals surface area contributed by atoms with Crippen LogP contribution in [0.4, 0.5) is 5.69 Å². The van der Waals surface area contributed by atoms with E-state index in [2.05, 4.69) is 40.8 Å². The summed E-state index contributed by atoms with van der Waals surface area (Å²) in [7, 11) is -2.48. The Morgan fingerprint density at radius 1 is 1.19 bits per heavy atom. The Kier molecular flexibility index (Phi) is 7.82. The van der Waals surface area contributed by atoms with E-state index in [1.807, 2.05) is 13.2 Å². The van der Waals surface area contributed by atoms with Crippen LogP contribution >= 0.6 is 11.8 Å². The van der Waals surface area contributed by atoms with Crippen LogP contribution in [-0.4, -0.2) is 67.5 Å². The first kappa shape index (κ1) is 26.3. The van der Waals surface area contributed by atoms with E-state index >= 15 is 0 Å². The standard InChI is InChI=1S/C25H32N4O5S2/c1-17-5-7-19(8-6-17)29-13-12-28(16-18(29)2)24(30)21(11-14-35-4)26-36(32,33)20-9-10-22-23(15-20)34-25(31)27(22)3/h5-10,15,18,21,26H,11-14,16H2,1-4H3/t18-,21+/m1/s1. The van der Waals surface area contributed by atoms with Gasteiger partial charge in [-0.3, -0.25) is 9.36 Å². The number of nitrogens with zero attached hydrogens (tertiary/aromatic N) is 3. The zero-order valence-electron chi connectivity index (χ0n) is 20.9. The normalized spacial score (nSPS) is 17.5. The maximum atomic E-state index is 13.5. The van der Waals surface area contributed by atoms with Crippen LogP contribution in [0.2, 0.25) is 0 Å². The summed E-state index contributed by atoms with van der Waals surface area (Å²) in [6.45, 7) is 5.80. The lowest BCUT2D eigenvalue weighted by Gasteiger charge is -2.42. The van der Waals surface area contributed by atoms with Crippen LogP contribution < -0.4 is 15.4 Å². The topological polar surface area (TPSA) is 105 Å². The molecule has 1 aromatic heterocycles. The van der Waals surface area contributed by atoms with Crippen molar-refractivity contribution in [1.29, 1.82) is 0 Å². The molecule has 1 saturated heterocycles. The molecule has 2 heterocycles. The summed E-state index contributed by atoms with van der Waals surface area (Å²) in [5.41, 5.74) is 2.98. The fraction of sp³-hybridized carbons (Fsp3) is 0.440. The summed E-state index contributed by atoms with van der Waals surface area (Å²) in [5, 5.41) is 0. The summed E-state index contributed by atoms with van der Waals surface area (Å²) >= 11 is 1.56. The van der Waals surface area contributed by atoms with E-state index in [4.69, 9.17) is 4.42 Å². The van der Waals surface area contributed by atoms with Crippen molar-refractivity contribution in [1.82, 2.24) is 14.2 Å². The lowest BCUT2D eigenvalue weighted by molar-refractivity contribution is -0.133. The predicted octanol–water partition coefficient (Wildman–Crippen LogP) is 2.58. The number of carbonyl (C=O) groups excluding carboxylic acids is 1. The number of sulfonamides is 1. The van der Waals surface area contributed by atoms with Crippen molar-refractivity contribution in [2.24, 2.45) is 7.05 Å². The Labute approximate surface area is 215 Å². The maximum Gasteiger partial charge on any atom is 0.419 e. The van der Waals surface area contributed by atoms with Gasteiger partial charge in [-0.25, -0.2) is 13.2 Å². The molecule has 4 rings (SSSR count). The largest absolute Gasteiger partial charge is 0.419 e. The minimum absolute atomic E-state index is 0.0520. The number of nitrogens with one attached hydrogen (secondary N) is 1. The van der Waals surface area contributed by atoms with Crippen LogP contribution in [0, 0.1) is 6.92 Å². The number of anilines is 1. The molecule has 36 heavy (non-hydrogen) atoms. The third kappa shape index (κ3) is 5.47. The van der Waals surface area contributed by atoms with Crippen molar-refractivity contribution in [3.63, 3.8) is 0 Å². The lowest BCUT2D eigenvalue weighted by Crippen LogP contribution is -2.58. The number of piperazine rings is 1. The molecule has 2 atom stereocenters. The van der Waals surface area contributed by atoms with Gasteiger partial charge < -0.3 is 14.2 Å². The van der Waals surface area contributed by atoms with E-state index in [9.17, 15) is 18.0 Å². The second-order valence-corrected chi connectivity index (χ2v) is 11.9. The van der Waals surface area contributed by atoms with E-state index in [0.717, 1.165) is 5.69 Å². The summed E-state index contributed by atoms with van der Waals surface area (Å²) in [4.78, 5) is 29.3. The molecule has 1 amide bonds. The van der Waals surface area contributed by atoms with Crippen molar-refractivity contribution in [2.45, 2.75) is 37.2 Å². The Hall–Kier alpha value is -2.76. The molecule has 0 saturated carbocycles. The Morgan fingerprint density at radius 2 is 1.92 bits per heavy atom. The number of fused-ring (bicyclic) bond motifs is 1. The third-order valence-electron chi connectivity index (χ3n) is 6.58. The summed E-state index contributed by atoms with van der Waals surface area (Å²) in [6.07, 6.45) is 2.29. The van der Waals surface area contributed by atoms with Crippen molar-refractivity contribution in [3.05, 3.63) is 58.6 Å². The zero-order valence-corrected chi connectivity index (χ0v) is 22.6. The number of hydrogen-bond acceptors (Lipinski definition) is 7. The van der Waals surface area contributed by atoms with E-state index < -0.39 is 21.8 Å². The number of rotatable bonds is 8. The van der Waals surface area contributed by atoms with Crippen LogP contribution in [0.3, 0.4) is 0 Å². The monoisotopic (exact) mass is 532 g/mol. The lowest BCUT2D eigenvalue weighted by atomic mass is 10.1. The molecule has 1 N–H and O–H groups in total. The first-order valence-electron chi connectivity index (χ1n) is 11.8. The highest BCUT2D eigenvalue weighted by atomic mass is 32.2. The minimum atomic E-state index is -4.03. The van der Waals surface area contributed by atoms with E-state index in [0.29, 0.717) is 37.3 Å². The van der Waals surface area contributed by atoms with Gasteiger partial charge in [0.25, 0.3) is 0 Å². The fourth-order valence-electron chi connectivity index (χ4n) is 4.50. The SMILES string of the molecule is CSCC[C@H](NS(=O)(=O)c1ccc2c(c1)oc(=O)n2C)C(=O)N1CCN(c2ccc(C)cc2)[C@H](C)C1. The quantitative estimate of drug-likeness (QED) is 0.475. The average molecular weight is 533 g/mol. The number of oxazole rings is 1. The van der Waals surface area contributed by atoms with Gasteiger partial charge in [-0.1, -0.05) is 17.7 Å². The van der Waals surface area contributed by atoms with Crippen LogP contribution in [0.5, 0.6) is 0 Å². The molecular weight excluding hydrogens is 500 g/mol. The van der Waals surface area contributed by atoms with Gasteiger partial charge in [-0.2, -0.15) is 16.5 Å². The molecule has 0 radical (unpaired) electrons. The predicted molar refractivity (Wildman–Crippen MR) is 143 cm³/mol. The van der Waals surface area contributed by atoms with Crippen molar-refractivity contribution < 1.29 is 17.6 Å². The molecule has 1 aliphatic rings. The summed E-state index contributed by atoms with van der Waals surface area (Å²) in [6, 6.07) is 11.8. The molecule has 194 valence electrons. The molecule has 0 spiro atoms. The molecule has 1 fully saturated rings. The van der Waals surface area contributed by atoms with Crippen molar-refractivity contribution >= 4 is 44.5 Å². The highest BCUT2D eigenvalue weighted by molar-refractivity contribution is 7.98. The zero-order chi connectivity index (χ0) is 26.0. The Morgan fingerprint density at radius 3 is 2.58 bits per heavy atom. The molecule has 2 aromatic carbocycles. The number of aromatic nitrogens is 1. The maximum absolute atomic E-state index is 13.5. The number of aryl methyl sites for hydroxylation is 2. The van der Waals surface area contributed by atoms with Gasteiger partial charge in [-0.15, -0.1) is 0 Å². The number of hydrogen-bond donors (Lipinski definition) is 1. The fourth-order valence-corrected chi connectivity index (χ4v) is 6.21. The molecule has 0 bridgehead atoms. The van der Waals surface area contributed by atoms with Gasteiger partial charge in [0.1, 0.15) is 6.04 Å². The molecule has 0 aliphatic carbocycles. The Balaban J connectivity index is 1.51. The highest BCUT2D eigenvalue weighted by Gasteiger charge is 2.33. The molecule has 1 aliphatic heterocycles. The average Bonchev–Trinajstić information content (AvgIpc) is 3.14. The van der Waals surface area contributed by atoms with Crippen molar-refractivity contribution in [2.75, 3.05) is 36.5 Å². The van der Waals surface area contributed by atoms with Crippen LogP contribution in [0.25, 0.3) is 11.1 Å². The van der Waals surface area contributed by atoms with Gasteiger partial charge in [-0.05, 0) is 56.5 Å². The molecule has 11 heteroatoms. The van der Waals surface area contributed by atoms with Gasteiger partial charge in [0.05, 0.1) is 10.4 Å². The van der Waals surface area contributed by atoms with Gasteiger partial charge >= 0.3 is 5.76 Å². The molecule has 3 aromatic rings. The smallest absolute Gasteiger partial charge is 0.408 e. The summed E-state index contributed by atoms with van der Waals surface area (Å²) < 4.78 is 35.5. The third-order valence-corrected chi connectivity index (χ3v) is 8.70. The van der Waals surface area contributed by atoms with Gasteiger partial charge in [0.2, 0.25) is 15.9 Å². The first-order valence-corrected chi connectivity index (χ1v) is 14.7. The van der Waals surface area contributed by atoms with Crippen LogP contribution in [-0.2, 0) is 21.9 Å². The molecular formula is C25H32N4O5S2. The second-order valence-electron chi connectivity index (χ2n) is 9.17. The van der Waals surface area contributed by atoms with Crippen LogP contribution in [0.15, 0.2) is 56.6 Å². The number of amides is 1. The minimum Gasteiger partial charge on any atom is -0.408 e.